The van der Waals surface area contributed by atoms with Gasteiger partial charge < -0.3 is 5.32 Å². The third kappa shape index (κ3) is 2.37. The first-order valence-corrected chi connectivity index (χ1v) is 7.31. The molecule has 100 valence electrons. The Kier molecular flexibility index (Phi) is 3.52. The minimum absolute atomic E-state index is 0.639. The zero-order chi connectivity index (χ0) is 13.2. The molecule has 1 aliphatic rings. The number of nitrogens with zero attached hydrogens (tertiary/aromatic N) is 1. The van der Waals surface area contributed by atoms with Gasteiger partial charge in [0.1, 0.15) is 0 Å². The Hall–Kier alpha value is -1.41. The number of para-hydroxylation sites is 1. The monoisotopic (exact) mass is 254 g/mol. The molecule has 19 heavy (non-hydrogen) atoms. The van der Waals surface area contributed by atoms with Gasteiger partial charge in [-0.1, -0.05) is 38.1 Å². The number of nitrogens with one attached hydrogen (secondary N) is 1. The van der Waals surface area contributed by atoms with Crippen molar-refractivity contribution < 1.29 is 0 Å². The molecule has 0 amide bonds. The van der Waals surface area contributed by atoms with Crippen LogP contribution >= 0.6 is 0 Å². The molecule has 1 saturated heterocycles. The van der Waals surface area contributed by atoms with Crippen molar-refractivity contribution in [1.82, 2.24) is 10.3 Å². The Morgan fingerprint density at radius 1 is 1.21 bits per heavy atom. The number of hydrogen-bond donors (Lipinski definition) is 1. The number of fused-ring (bicyclic) bond motifs is 1. The maximum atomic E-state index is 4.63. The smallest absolute Gasteiger partial charge is 0.0736 e. The molecule has 0 radical (unpaired) electrons. The molecule has 3 rings (SSSR count). The van der Waals surface area contributed by atoms with Crippen molar-refractivity contribution in [3.63, 3.8) is 0 Å². The topological polar surface area (TPSA) is 24.9 Å². The Labute approximate surface area is 115 Å². The number of rotatable bonds is 2. The van der Waals surface area contributed by atoms with Gasteiger partial charge in [0.2, 0.25) is 0 Å². The molecule has 1 aromatic carbocycles. The molecule has 2 heterocycles. The van der Waals surface area contributed by atoms with Crippen LogP contribution in [0.25, 0.3) is 10.9 Å². The lowest BCUT2D eigenvalue weighted by Gasteiger charge is -2.35. The fraction of sp³-hybridized carbons (Fsp3) is 0.471. The number of hydrogen-bond acceptors (Lipinski definition) is 2. The Bertz CT molecular complexity index is 557. The van der Waals surface area contributed by atoms with Crippen LogP contribution in [0.4, 0.5) is 0 Å². The minimum Gasteiger partial charge on any atom is -0.316 e. The van der Waals surface area contributed by atoms with Gasteiger partial charge in [-0.25, -0.2) is 0 Å². The van der Waals surface area contributed by atoms with Gasteiger partial charge in [-0.3, -0.25) is 4.98 Å². The van der Waals surface area contributed by atoms with Gasteiger partial charge in [0.25, 0.3) is 0 Å². The molecule has 0 saturated carbocycles. The third-order valence-electron chi connectivity index (χ3n) is 4.45. The highest BCUT2D eigenvalue weighted by Gasteiger charge is 2.29. The maximum Gasteiger partial charge on any atom is 0.0736 e. The molecule has 0 aliphatic carbocycles. The van der Waals surface area contributed by atoms with E-state index in [2.05, 4.69) is 48.4 Å². The first kappa shape index (κ1) is 12.6. The highest BCUT2D eigenvalue weighted by molar-refractivity contribution is 5.82. The van der Waals surface area contributed by atoms with E-state index >= 15 is 0 Å². The second-order valence-corrected chi connectivity index (χ2v) is 5.93. The van der Waals surface area contributed by atoms with E-state index < -0.39 is 0 Å². The van der Waals surface area contributed by atoms with Crippen molar-refractivity contribution in [2.45, 2.75) is 26.2 Å². The van der Waals surface area contributed by atoms with Crippen molar-refractivity contribution >= 4 is 10.9 Å². The number of benzene rings is 1. The van der Waals surface area contributed by atoms with Crippen LogP contribution < -0.4 is 5.32 Å². The lowest BCUT2D eigenvalue weighted by Crippen LogP contribution is -2.38. The Morgan fingerprint density at radius 3 is 2.89 bits per heavy atom. The summed E-state index contributed by atoms with van der Waals surface area (Å²) in [6.07, 6.45) is 3.13. The summed E-state index contributed by atoms with van der Waals surface area (Å²) in [6, 6.07) is 10.8. The van der Waals surface area contributed by atoms with E-state index in [1.165, 1.54) is 22.9 Å². The standard InChI is InChI=1S/C17H22N2/c1-12(2)16-11-18-10-8-14(16)15-7-3-5-13-6-4-9-19-17(13)15/h3-7,9,12,14,16,18H,8,10-11H2,1-2H3. The summed E-state index contributed by atoms with van der Waals surface area (Å²) in [5.41, 5.74) is 2.64. The summed E-state index contributed by atoms with van der Waals surface area (Å²) in [7, 11) is 0. The SMILES string of the molecule is CC(C)C1CNCCC1c1cccc2cccnc12. The molecular weight excluding hydrogens is 232 g/mol. The summed E-state index contributed by atoms with van der Waals surface area (Å²) in [5.74, 6) is 2.05. The molecule has 2 atom stereocenters. The van der Waals surface area contributed by atoms with Crippen molar-refractivity contribution in [2.24, 2.45) is 11.8 Å². The van der Waals surface area contributed by atoms with Crippen LogP contribution in [0.2, 0.25) is 0 Å². The molecular formula is C17H22N2. The number of pyridine rings is 1. The second kappa shape index (κ2) is 5.30. The molecule has 1 N–H and O–H groups in total. The fourth-order valence-corrected chi connectivity index (χ4v) is 3.40. The van der Waals surface area contributed by atoms with Crippen LogP contribution in [0.5, 0.6) is 0 Å². The van der Waals surface area contributed by atoms with Crippen LogP contribution in [-0.4, -0.2) is 18.1 Å². The van der Waals surface area contributed by atoms with Crippen LogP contribution in [0.3, 0.4) is 0 Å². The van der Waals surface area contributed by atoms with Gasteiger partial charge >= 0.3 is 0 Å². The van der Waals surface area contributed by atoms with Gasteiger partial charge in [0.15, 0.2) is 0 Å². The molecule has 2 nitrogen and oxygen atoms in total. The van der Waals surface area contributed by atoms with Gasteiger partial charge in [-0.05, 0) is 48.9 Å². The number of aromatic nitrogens is 1. The lowest BCUT2D eigenvalue weighted by molar-refractivity contribution is 0.256. The Balaban J connectivity index is 2.07. The van der Waals surface area contributed by atoms with Crippen molar-refractivity contribution in [1.29, 1.82) is 0 Å². The van der Waals surface area contributed by atoms with Gasteiger partial charge in [0.05, 0.1) is 5.52 Å². The zero-order valence-corrected chi connectivity index (χ0v) is 11.8. The molecule has 2 heteroatoms. The third-order valence-corrected chi connectivity index (χ3v) is 4.45. The van der Waals surface area contributed by atoms with Crippen LogP contribution in [0.1, 0.15) is 31.7 Å². The average molecular weight is 254 g/mol. The van der Waals surface area contributed by atoms with Crippen molar-refractivity contribution in [2.75, 3.05) is 13.1 Å². The van der Waals surface area contributed by atoms with Gasteiger partial charge in [-0.2, -0.15) is 0 Å². The zero-order valence-electron chi connectivity index (χ0n) is 11.8. The molecule has 1 aliphatic heterocycles. The quantitative estimate of drug-likeness (QED) is 0.886. The molecule has 0 bridgehead atoms. The lowest BCUT2D eigenvalue weighted by atomic mass is 9.75. The van der Waals surface area contributed by atoms with Crippen molar-refractivity contribution in [3.05, 3.63) is 42.1 Å². The predicted molar refractivity (Wildman–Crippen MR) is 80.3 cm³/mol. The molecule has 2 unspecified atom stereocenters. The van der Waals surface area contributed by atoms with Crippen LogP contribution in [0.15, 0.2) is 36.5 Å². The normalized spacial score (nSPS) is 23.9. The highest BCUT2D eigenvalue weighted by atomic mass is 14.9. The molecule has 1 fully saturated rings. The highest BCUT2D eigenvalue weighted by Crippen LogP contribution is 2.37. The second-order valence-electron chi connectivity index (χ2n) is 5.93. The maximum absolute atomic E-state index is 4.63. The van der Waals surface area contributed by atoms with Crippen LogP contribution in [0, 0.1) is 11.8 Å². The summed E-state index contributed by atoms with van der Waals surface area (Å²) in [5, 5.41) is 4.81. The van der Waals surface area contributed by atoms with E-state index in [0.717, 1.165) is 13.1 Å². The minimum atomic E-state index is 0.639. The van der Waals surface area contributed by atoms with E-state index in [1.807, 2.05) is 12.3 Å². The summed E-state index contributed by atoms with van der Waals surface area (Å²) >= 11 is 0. The first-order valence-electron chi connectivity index (χ1n) is 7.31. The fourth-order valence-electron chi connectivity index (χ4n) is 3.40. The van der Waals surface area contributed by atoms with Crippen LogP contribution in [-0.2, 0) is 0 Å². The molecule has 0 spiro atoms. The molecule has 2 aromatic rings. The van der Waals surface area contributed by atoms with E-state index in [1.54, 1.807) is 0 Å². The van der Waals surface area contributed by atoms with E-state index in [9.17, 15) is 0 Å². The van der Waals surface area contributed by atoms with E-state index in [4.69, 9.17) is 0 Å². The Morgan fingerprint density at radius 2 is 2.05 bits per heavy atom. The summed E-state index contributed by atoms with van der Waals surface area (Å²) in [6.45, 7) is 6.93. The van der Waals surface area contributed by atoms with E-state index in [-0.39, 0.29) is 0 Å². The summed E-state index contributed by atoms with van der Waals surface area (Å²) in [4.78, 5) is 4.63. The molecule has 1 aromatic heterocycles. The largest absolute Gasteiger partial charge is 0.316 e. The van der Waals surface area contributed by atoms with Gasteiger partial charge in [0, 0.05) is 11.6 Å². The van der Waals surface area contributed by atoms with E-state index in [0.29, 0.717) is 17.8 Å². The van der Waals surface area contributed by atoms with Gasteiger partial charge in [-0.15, -0.1) is 0 Å². The predicted octanol–water partition coefficient (Wildman–Crippen LogP) is 3.58. The first-order chi connectivity index (χ1) is 9.27. The summed E-state index contributed by atoms with van der Waals surface area (Å²) < 4.78 is 0. The van der Waals surface area contributed by atoms with Crippen molar-refractivity contribution in [3.8, 4) is 0 Å². The number of piperidine rings is 1. The average Bonchev–Trinajstić information content (AvgIpc) is 2.46.